The second-order valence-corrected chi connectivity index (χ2v) is 6.01. The van der Waals surface area contributed by atoms with Crippen LogP contribution in [0.2, 0.25) is 0 Å². The summed E-state index contributed by atoms with van der Waals surface area (Å²) in [6.07, 6.45) is 5.09. The van der Waals surface area contributed by atoms with Gasteiger partial charge in [-0.05, 0) is 31.9 Å². The molecule has 2 atom stereocenters. The summed E-state index contributed by atoms with van der Waals surface area (Å²) in [6, 6.07) is 3.85. The first-order valence-electron chi connectivity index (χ1n) is 7.26. The maximum atomic E-state index is 10.6. The molecule has 2 bridgehead atoms. The van der Waals surface area contributed by atoms with E-state index in [1.165, 1.54) is 4.57 Å². The molecule has 0 saturated carbocycles. The van der Waals surface area contributed by atoms with E-state index in [-0.39, 0.29) is 23.6 Å². The van der Waals surface area contributed by atoms with E-state index in [4.69, 9.17) is 5.26 Å². The number of allylic oxidation sites excluding steroid dienone is 2. The van der Waals surface area contributed by atoms with Crippen LogP contribution in [-0.2, 0) is 0 Å². The van der Waals surface area contributed by atoms with Crippen LogP contribution < -0.4 is 0 Å². The molecule has 2 aromatic rings. The highest BCUT2D eigenvalue weighted by Gasteiger charge is 2.41. The van der Waals surface area contributed by atoms with Gasteiger partial charge >= 0.3 is 0 Å². The molecule has 110 valence electrons. The van der Waals surface area contributed by atoms with Gasteiger partial charge in [-0.2, -0.15) is 5.26 Å². The molecule has 22 heavy (non-hydrogen) atoms. The summed E-state index contributed by atoms with van der Waals surface area (Å²) >= 11 is 0. The minimum atomic E-state index is 0.0559. The van der Waals surface area contributed by atoms with Crippen LogP contribution >= 0.6 is 0 Å². The van der Waals surface area contributed by atoms with Crippen molar-refractivity contribution in [3.63, 3.8) is 0 Å². The van der Waals surface area contributed by atoms with Crippen LogP contribution in [0, 0.1) is 25.2 Å². The van der Waals surface area contributed by atoms with Gasteiger partial charge in [-0.1, -0.05) is 12.2 Å². The lowest BCUT2D eigenvalue weighted by atomic mass is 10.0. The predicted octanol–water partition coefficient (Wildman–Crippen LogP) is 2.91. The number of rotatable bonds is 1. The summed E-state index contributed by atoms with van der Waals surface area (Å²) in [4.78, 5) is 4.38. The molecule has 0 saturated heterocycles. The number of aryl methyl sites for hydroxylation is 2. The molecule has 0 spiro atoms. The number of fused-ring (bicyclic) bond motifs is 5. The fourth-order valence-corrected chi connectivity index (χ4v) is 3.75. The fourth-order valence-electron chi connectivity index (χ4n) is 3.75. The van der Waals surface area contributed by atoms with Crippen LogP contribution in [-0.4, -0.2) is 19.8 Å². The average Bonchev–Trinajstić information content (AvgIpc) is 3.12. The monoisotopic (exact) mass is 293 g/mol. The van der Waals surface area contributed by atoms with Crippen LogP contribution in [0.15, 0.2) is 18.2 Å². The Morgan fingerprint density at radius 1 is 1.18 bits per heavy atom. The SMILES string of the molecule is Cc1cc(-n2c(O)c3c(c2O)[C@H]2C=C[C@@H]3C2)nc(C)c1C#N. The van der Waals surface area contributed by atoms with E-state index in [9.17, 15) is 10.2 Å². The van der Waals surface area contributed by atoms with Gasteiger partial charge in [0.2, 0.25) is 11.8 Å². The second-order valence-electron chi connectivity index (χ2n) is 6.01. The maximum Gasteiger partial charge on any atom is 0.204 e. The summed E-state index contributed by atoms with van der Waals surface area (Å²) < 4.78 is 1.39. The number of aromatic hydroxyl groups is 2. The smallest absolute Gasteiger partial charge is 0.204 e. The number of pyridine rings is 1. The summed E-state index contributed by atoms with van der Waals surface area (Å²) in [5.41, 5.74) is 3.52. The molecule has 0 aromatic carbocycles. The molecule has 2 aliphatic rings. The first-order valence-corrected chi connectivity index (χ1v) is 7.26. The molecule has 2 heterocycles. The average molecular weight is 293 g/mol. The maximum absolute atomic E-state index is 10.6. The van der Waals surface area contributed by atoms with Crippen molar-refractivity contribution in [2.24, 2.45) is 0 Å². The van der Waals surface area contributed by atoms with Gasteiger partial charge < -0.3 is 10.2 Å². The van der Waals surface area contributed by atoms with E-state index in [1.54, 1.807) is 13.0 Å². The highest BCUT2D eigenvalue weighted by Crippen LogP contribution is 2.57. The summed E-state index contributed by atoms with van der Waals surface area (Å²) in [7, 11) is 0. The Morgan fingerprint density at radius 2 is 1.77 bits per heavy atom. The van der Waals surface area contributed by atoms with Crippen LogP contribution in [0.3, 0.4) is 0 Å². The molecule has 2 N–H and O–H groups in total. The van der Waals surface area contributed by atoms with E-state index < -0.39 is 0 Å². The van der Waals surface area contributed by atoms with Gasteiger partial charge in [-0.25, -0.2) is 9.55 Å². The van der Waals surface area contributed by atoms with E-state index in [2.05, 4.69) is 23.2 Å². The van der Waals surface area contributed by atoms with Crippen molar-refractivity contribution >= 4 is 0 Å². The Kier molecular flexibility index (Phi) is 2.44. The standard InChI is InChI=1S/C17H15N3O2/c1-8-5-13(19-9(2)12(8)7-18)20-16(21)14-10-3-4-11(6-10)15(14)17(20)22/h3-5,10-11,21-22H,6H2,1-2H3/t10-,11+. The molecule has 0 unspecified atom stereocenters. The Hall–Kier alpha value is -2.74. The van der Waals surface area contributed by atoms with Gasteiger partial charge in [0.1, 0.15) is 11.9 Å². The Bertz CT molecular complexity index is 828. The minimum absolute atomic E-state index is 0.0559. The number of hydrogen-bond acceptors (Lipinski definition) is 4. The van der Waals surface area contributed by atoms with Crippen molar-refractivity contribution in [2.75, 3.05) is 0 Å². The topological polar surface area (TPSA) is 82.1 Å². The van der Waals surface area contributed by atoms with Crippen molar-refractivity contribution in [1.82, 2.24) is 9.55 Å². The molecule has 0 amide bonds. The number of hydrogen-bond donors (Lipinski definition) is 2. The number of nitrogens with zero attached hydrogens (tertiary/aromatic N) is 3. The summed E-state index contributed by atoms with van der Waals surface area (Å²) in [6.45, 7) is 3.58. The van der Waals surface area contributed by atoms with Crippen LogP contribution in [0.25, 0.3) is 5.82 Å². The second kappa shape index (κ2) is 4.14. The lowest BCUT2D eigenvalue weighted by molar-refractivity contribution is 0.393. The van der Waals surface area contributed by atoms with E-state index in [1.807, 2.05) is 6.92 Å². The normalized spacial score (nSPS) is 21.1. The lowest BCUT2D eigenvalue weighted by Gasteiger charge is -2.11. The highest BCUT2D eigenvalue weighted by atomic mass is 16.3. The van der Waals surface area contributed by atoms with Crippen molar-refractivity contribution in [1.29, 1.82) is 5.26 Å². The molecule has 5 heteroatoms. The molecule has 0 aliphatic heterocycles. The van der Waals surface area contributed by atoms with Crippen molar-refractivity contribution in [2.45, 2.75) is 32.1 Å². The number of aromatic nitrogens is 2. The quantitative estimate of drug-likeness (QED) is 0.792. The zero-order chi connectivity index (χ0) is 15.6. The van der Waals surface area contributed by atoms with E-state index in [0.717, 1.165) is 23.1 Å². The summed E-state index contributed by atoms with van der Waals surface area (Å²) in [5.74, 6) is 0.902. The third kappa shape index (κ3) is 1.44. The third-order valence-electron chi connectivity index (χ3n) is 4.75. The predicted molar refractivity (Wildman–Crippen MR) is 80.3 cm³/mol. The van der Waals surface area contributed by atoms with Gasteiger partial charge in [0.15, 0.2) is 0 Å². The van der Waals surface area contributed by atoms with Crippen molar-refractivity contribution in [3.05, 3.63) is 46.2 Å². The van der Waals surface area contributed by atoms with Gasteiger partial charge in [0.25, 0.3) is 0 Å². The largest absolute Gasteiger partial charge is 0.494 e. The molecule has 0 fully saturated rings. The van der Waals surface area contributed by atoms with Crippen LogP contribution in [0.4, 0.5) is 0 Å². The van der Waals surface area contributed by atoms with Crippen LogP contribution in [0.5, 0.6) is 11.8 Å². The zero-order valence-electron chi connectivity index (χ0n) is 12.3. The molecule has 5 nitrogen and oxygen atoms in total. The van der Waals surface area contributed by atoms with Gasteiger partial charge in [0, 0.05) is 23.0 Å². The molecule has 2 aromatic heterocycles. The van der Waals surface area contributed by atoms with Gasteiger partial charge in [0.05, 0.1) is 11.3 Å². The van der Waals surface area contributed by atoms with Gasteiger partial charge in [-0.15, -0.1) is 0 Å². The Labute approximate surface area is 127 Å². The van der Waals surface area contributed by atoms with Crippen molar-refractivity contribution < 1.29 is 10.2 Å². The molecular weight excluding hydrogens is 278 g/mol. The molecular formula is C17H15N3O2. The van der Waals surface area contributed by atoms with Gasteiger partial charge in [-0.3, -0.25) is 0 Å². The minimum Gasteiger partial charge on any atom is -0.494 e. The Balaban J connectivity index is 1.95. The zero-order valence-corrected chi connectivity index (χ0v) is 12.3. The van der Waals surface area contributed by atoms with Crippen molar-refractivity contribution in [3.8, 4) is 23.6 Å². The fraction of sp³-hybridized carbons (Fsp3) is 0.294. The van der Waals surface area contributed by atoms with Crippen LogP contribution in [0.1, 0.15) is 46.2 Å². The van der Waals surface area contributed by atoms with E-state index in [0.29, 0.717) is 17.1 Å². The molecule has 0 radical (unpaired) electrons. The molecule has 4 rings (SSSR count). The van der Waals surface area contributed by atoms with E-state index >= 15 is 0 Å². The first-order chi connectivity index (χ1) is 10.5. The Morgan fingerprint density at radius 3 is 2.27 bits per heavy atom. The highest BCUT2D eigenvalue weighted by molar-refractivity contribution is 5.62. The lowest BCUT2D eigenvalue weighted by Crippen LogP contribution is -2.03. The third-order valence-corrected chi connectivity index (χ3v) is 4.75. The summed E-state index contributed by atoms with van der Waals surface area (Å²) in [5, 5.41) is 30.3. The number of nitriles is 1. The first kappa shape index (κ1) is 13.0. The molecule has 2 aliphatic carbocycles.